The SMILES string of the molecule is CCCCC(C#N)(C#N)OCOC. The van der Waals surface area contributed by atoms with Gasteiger partial charge in [0.1, 0.15) is 18.9 Å². The monoisotopic (exact) mass is 182 g/mol. The number of nitriles is 2. The van der Waals surface area contributed by atoms with E-state index in [0.29, 0.717) is 6.42 Å². The summed E-state index contributed by atoms with van der Waals surface area (Å²) in [5.41, 5.74) is -1.33. The Morgan fingerprint density at radius 2 is 1.92 bits per heavy atom. The van der Waals surface area contributed by atoms with Crippen LogP contribution in [-0.4, -0.2) is 19.5 Å². The minimum atomic E-state index is -1.33. The van der Waals surface area contributed by atoms with Gasteiger partial charge in [0.15, 0.2) is 0 Å². The molecule has 0 saturated carbocycles. The first-order chi connectivity index (χ1) is 6.24. The Labute approximate surface area is 78.7 Å². The van der Waals surface area contributed by atoms with Crippen LogP contribution in [0, 0.1) is 22.7 Å². The molecule has 0 aliphatic carbocycles. The number of nitrogens with zero attached hydrogens (tertiary/aromatic N) is 2. The van der Waals surface area contributed by atoms with Gasteiger partial charge in [0, 0.05) is 13.5 Å². The van der Waals surface area contributed by atoms with Crippen LogP contribution >= 0.6 is 0 Å². The van der Waals surface area contributed by atoms with E-state index in [1.807, 2.05) is 19.1 Å². The third kappa shape index (κ3) is 3.89. The fourth-order valence-electron chi connectivity index (χ4n) is 0.859. The molecule has 0 spiro atoms. The molecular formula is C9H14N2O2. The lowest BCUT2D eigenvalue weighted by Crippen LogP contribution is -2.29. The van der Waals surface area contributed by atoms with Crippen molar-refractivity contribution in [1.82, 2.24) is 0 Å². The normalized spacial score (nSPS) is 10.5. The maximum atomic E-state index is 8.78. The van der Waals surface area contributed by atoms with Crippen LogP contribution in [0.2, 0.25) is 0 Å². The highest BCUT2D eigenvalue weighted by molar-refractivity contribution is 5.16. The molecule has 0 fully saturated rings. The van der Waals surface area contributed by atoms with Gasteiger partial charge in [0.05, 0.1) is 0 Å². The van der Waals surface area contributed by atoms with Crippen LogP contribution in [0.5, 0.6) is 0 Å². The van der Waals surface area contributed by atoms with Gasteiger partial charge in [-0.2, -0.15) is 10.5 Å². The number of ether oxygens (including phenoxy) is 2. The van der Waals surface area contributed by atoms with Gasteiger partial charge in [-0.15, -0.1) is 0 Å². The minimum absolute atomic E-state index is 0.0230. The van der Waals surface area contributed by atoms with E-state index in [4.69, 9.17) is 15.3 Å². The zero-order chi connectivity index (χ0) is 10.2. The minimum Gasteiger partial charge on any atom is -0.359 e. The Morgan fingerprint density at radius 1 is 1.31 bits per heavy atom. The van der Waals surface area contributed by atoms with Crippen LogP contribution in [0.15, 0.2) is 0 Å². The molecule has 0 unspecified atom stereocenters. The number of hydrogen-bond donors (Lipinski definition) is 0. The van der Waals surface area contributed by atoms with Gasteiger partial charge in [-0.05, 0) is 6.42 Å². The molecule has 0 aromatic carbocycles. The summed E-state index contributed by atoms with van der Waals surface area (Å²) in [6.45, 7) is 1.97. The van der Waals surface area contributed by atoms with Crippen molar-refractivity contribution in [3.63, 3.8) is 0 Å². The molecule has 0 radical (unpaired) electrons. The lowest BCUT2D eigenvalue weighted by molar-refractivity contribution is -0.0839. The van der Waals surface area contributed by atoms with Crippen LogP contribution in [-0.2, 0) is 9.47 Å². The van der Waals surface area contributed by atoms with Crippen molar-refractivity contribution in [2.24, 2.45) is 0 Å². The van der Waals surface area contributed by atoms with E-state index < -0.39 is 5.60 Å². The fourth-order valence-corrected chi connectivity index (χ4v) is 0.859. The fraction of sp³-hybridized carbons (Fsp3) is 0.778. The van der Waals surface area contributed by atoms with Gasteiger partial charge in [-0.1, -0.05) is 13.3 Å². The van der Waals surface area contributed by atoms with E-state index in [-0.39, 0.29) is 6.79 Å². The second-order valence-corrected chi connectivity index (χ2v) is 2.71. The zero-order valence-electron chi connectivity index (χ0n) is 8.04. The second kappa shape index (κ2) is 6.42. The first-order valence-corrected chi connectivity index (χ1v) is 4.20. The Morgan fingerprint density at radius 3 is 2.31 bits per heavy atom. The summed E-state index contributed by atoms with van der Waals surface area (Å²) in [5.74, 6) is 0. The molecule has 13 heavy (non-hydrogen) atoms. The van der Waals surface area contributed by atoms with Gasteiger partial charge < -0.3 is 9.47 Å². The molecular weight excluding hydrogens is 168 g/mol. The van der Waals surface area contributed by atoms with E-state index in [2.05, 4.69) is 4.74 Å². The topological polar surface area (TPSA) is 66.0 Å². The average Bonchev–Trinajstić information content (AvgIpc) is 2.20. The van der Waals surface area contributed by atoms with Crippen molar-refractivity contribution >= 4 is 0 Å². The average molecular weight is 182 g/mol. The third-order valence-corrected chi connectivity index (χ3v) is 1.67. The third-order valence-electron chi connectivity index (χ3n) is 1.67. The molecule has 0 aromatic rings. The summed E-state index contributed by atoms with van der Waals surface area (Å²) in [4.78, 5) is 0. The zero-order valence-corrected chi connectivity index (χ0v) is 8.04. The Bertz CT molecular complexity index is 191. The second-order valence-electron chi connectivity index (χ2n) is 2.71. The van der Waals surface area contributed by atoms with Crippen LogP contribution in [0.4, 0.5) is 0 Å². The highest BCUT2D eigenvalue weighted by Gasteiger charge is 2.30. The smallest absolute Gasteiger partial charge is 0.243 e. The van der Waals surface area contributed by atoms with Crippen molar-refractivity contribution < 1.29 is 9.47 Å². The summed E-state index contributed by atoms with van der Waals surface area (Å²) in [6, 6.07) is 3.74. The molecule has 0 bridgehead atoms. The van der Waals surface area contributed by atoms with E-state index in [1.54, 1.807) is 0 Å². The summed E-state index contributed by atoms with van der Waals surface area (Å²) >= 11 is 0. The molecule has 0 aliphatic heterocycles. The number of methoxy groups -OCH3 is 1. The number of rotatable bonds is 6. The van der Waals surface area contributed by atoms with Crippen molar-refractivity contribution in [2.75, 3.05) is 13.9 Å². The first-order valence-electron chi connectivity index (χ1n) is 4.20. The van der Waals surface area contributed by atoms with Crippen LogP contribution < -0.4 is 0 Å². The van der Waals surface area contributed by atoms with Gasteiger partial charge in [-0.25, -0.2) is 0 Å². The number of unbranched alkanes of at least 4 members (excludes halogenated alkanes) is 1. The van der Waals surface area contributed by atoms with Crippen molar-refractivity contribution in [2.45, 2.75) is 31.8 Å². The Balaban J connectivity index is 4.18. The molecule has 0 heterocycles. The van der Waals surface area contributed by atoms with E-state index in [1.165, 1.54) is 7.11 Å². The highest BCUT2D eigenvalue weighted by atomic mass is 16.7. The predicted octanol–water partition coefficient (Wildman–Crippen LogP) is 1.58. The molecule has 0 rings (SSSR count). The Hall–Kier alpha value is -1.10. The molecule has 0 N–H and O–H groups in total. The molecule has 0 aromatic heterocycles. The quantitative estimate of drug-likeness (QED) is 0.585. The van der Waals surface area contributed by atoms with Crippen molar-refractivity contribution in [3.05, 3.63) is 0 Å². The summed E-state index contributed by atoms with van der Waals surface area (Å²) in [7, 11) is 1.46. The maximum Gasteiger partial charge on any atom is 0.243 e. The molecule has 4 heteroatoms. The summed E-state index contributed by atoms with van der Waals surface area (Å²) in [6.07, 6.45) is 2.16. The Kier molecular flexibility index (Phi) is 5.88. The van der Waals surface area contributed by atoms with Crippen LogP contribution in [0.1, 0.15) is 26.2 Å². The van der Waals surface area contributed by atoms with E-state index in [0.717, 1.165) is 12.8 Å². The van der Waals surface area contributed by atoms with Crippen LogP contribution in [0.25, 0.3) is 0 Å². The van der Waals surface area contributed by atoms with Crippen LogP contribution in [0.3, 0.4) is 0 Å². The first kappa shape index (κ1) is 11.9. The van der Waals surface area contributed by atoms with E-state index in [9.17, 15) is 0 Å². The molecule has 4 nitrogen and oxygen atoms in total. The number of hydrogen-bond acceptors (Lipinski definition) is 4. The maximum absolute atomic E-state index is 8.78. The van der Waals surface area contributed by atoms with Crippen molar-refractivity contribution in [1.29, 1.82) is 10.5 Å². The van der Waals surface area contributed by atoms with Gasteiger partial charge in [0.2, 0.25) is 5.60 Å². The predicted molar refractivity (Wildman–Crippen MR) is 46.4 cm³/mol. The van der Waals surface area contributed by atoms with Gasteiger partial charge in [0.25, 0.3) is 0 Å². The molecule has 0 amide bonds. The highest BCUT2D eigenvalue weighted by Crippen LogP contribution is 2.17. The standard InChI is InChI=1S/C9H14N2O2/c1-3-4-5-9(6-10,7-11)13-8-12-2/h3-5,8H2,1-2H3. The molecule has 0 saturated heterocycles. The lowest BCUT2D eigenvalue weighted by Gasteiger charge is -2.17. The molecule has 0 aliphatic rings. The largest absolute Gasteiger partial charge is 0.359 e. The molecule has 72 valence electrons. The van der Waals surface area contributed by atoms with Crippen molar-refractivity contribution in [3.8, 4) is 12.1 Å². The lowest BCUT2D eigenvalue weighted by atomic mass is 10.0. The van der Waals surface area contributed by atoms with Gasteiger partial charge >= 0.3 is 0 Å². The van der Waals surface area contributed by atoms with E-state index >= 15 is 0 Å². The summed E-state index contributed by atoms with van der Waals surface area (Å²) < 4.78 is 9.69. The summed E-state index contributed by atoms with van der Waals surface area (Å²) in [5, 5.41) is 17.6. The van der Waals surface area contributed by atoms with Gasteiger partial charge in [-0.3, -0.25) is 0 Å². The molecule has 0 atom stereocenters.